The number of rotatable bonds is 2. The average Bonchev–Trinajstić information content (AvgIpc) is 2.28. The molecular weight excluding hydrogens is 156 g/mol. The summed E-state index contributed by atoms with van der Waals surface area (Å²) in [5, 5.41) is 8.32. The van der Waals surface area contributed by atoms with E-state index in [-0.39, 0.29) is 0 Å². The summed E-state index contributed by atoms with van der Waals surface area (Å²) in [6, 6.07) is 1.80. The molecule has 0 saturated heterocycles. The molecule has 0 atom stereocenters. The summed E-state index contributed by atoms with van der Waals surface area (Å²) < 4.78 is 5.21. The number of carboxylic acid groups (broad SMARTS) is 1. The molecule has 1 aromatic rings. The molecular formula is C9H10O3. The number of carbonyl (C=O) groups is 1. The molecule has 1 N–H and O–H groups in total. The summed E-state index contributed by atoms with van der Waals surface area (Å²) in [6.07, 6.45) is 2.49. The zero-order valence-electron chi connectivity index (χ0n) is 7.00. The largest absolute Gasteiger partial charge is 0.478 e. The summed E-state index contributed by atoms with van der Waals surface area (Å²) in [5.74, 6) is 0.425. The SMILES string of the molecule is Cc1cc(/C=C\C(=O)O)oc1C. The molecule has 12 heavy (non-hydrogen) atoms. The Balaban J connectivity index is 2.83. The first-order valence-corrected chi connectivity index (χ1v) is 3.57. The predicted octanol–water partition coefficient (Wildman–Crippen LogP) is 1.99. The van der Waals surface area contributed by atoms with Crippen LogP contribution in [0.1, 0.15) is 17.1 Å². The first kappa shape index (κ1) is 8.59. The van der Waals surface area contributed by atoms with Crippen molar-refractivity contribution < 1.29 is 14.3 Å². The first-order chi connectivity index (χ1) is 5.59. The summed E-state index contributed by atoms with van der Waals surface area (Å²) in [7, 11) is 0. The van der Waals surface area contributed by atoms with Crippen LogP contribution in [0.4, 0.5) is 0 Å². The number of aliphatic carboxylic acids is 1. The van der Waals surface area contributed by atoms with Crippen molar-refractivity contribution in [3.05, 3.63) is 29.2 Å². The molecule has 3 heteroatoms. The molecule has 0 aliphatic rings. The van der Waals surface area contributed by atoms with Crippen molar-refractivity contribution >= 4 is 12.0 Å². The Kier molecular flexibility index (Phi) is 2.33. The van der Waals surface area contributed by atoms with Crippen LogP contribution in [0.25, 0.3) is 6.08 Å². The monoisotopic (exact) mass is 166 g/mol. The van der Waals surface area contributed by atoms with E-state index in [2.05, 4.69) is 0 Å². The molecule has 0 unspecified atom stereocenters. The Morgan fingerprint density at radius 2 is 2.25 bits per heavy atom. The zero-order chi connectivity index (χ0) is 9.14. The van der Waals surface area contributed by atoms with Gasteiger partial charge >= 0.3 is 5.97 Å². The lowest BCUT2D eigenvalue weighted by molar-refractivity contribution is -0.131. The molecule has 0 amide bonds. The summed E-state index contributed by atoms with van der Waals surface area (Å²) >= 11 is 0. The highest BCUT2D eigenvalue weighted by molar-refractivity contribution is 5.84. The molecule has 0 saturated carbocycles. The van der Waals surface area contributed by atoms with Crippen LogP contribution >= 0.6 is 0 Å². The van der Waals surface area contributed by atoms with Gasteiger partial charge in [0.2, 0.25) is 0 Å². The summed E-state index contributed by atoms with van der Waals surface area (Å²) in [6.45, 7) is 3.75. The summed E-state index contributed by atoms with van der Waals surface area (Å²) in [5.41, 5.74) is 1.03. The van der Waals surface area contributed by atoms with E-state index in [0.29, 0.717) is 5.76 Å². The van der Waals surface area contributed by atoms with Gasteiger partial charge in [-0.1, -0.05) is 0 Å². The molecule has 0 aromatic carbocycles. The van der Waals surface area contributed by atoms with Gasteiger partial charge in [-0.05, 0) is 31.6 Å². The highest BCUT2D eigenvalue weighted by Crippen LogP contribution is 2.13. The third-order valence-corrected chi connectivity index (χ3v) is 1.58. The highest BCUT2D eigenvalue weighted by Gasteiger charge is 1.99. The van der Waals surface area contributed by atoms with Crippen molar-refractivity contribution in [1.82, 2.24) is 0 Å². The maximum atomic E-state index is 10.1. The average molecular weight is 166 g/mol. The van der Waals surface area contributed by atoms with E-state index in [0.717, 1.165) is 17.4 Å². The maximum Gasteiger partial charge on any atom is 0.328 e. The van der Waals surface area contributed by atoms with Gasteiger partial charge in [-0.2, -0.15) is 0 Å². The van der Waals surface area contributed by atoms with Gasteiger partial charge in [0, 0.05) is 6.08 Å². The Bertz CT molecular complexity index is 301. The number of hydrogen-bond donors (Lipinski definition) is 1. The molecule has 0 aliphatic carbocycles. The Hall–Kier alpha value is -1.51. The summed E-state index contributed by atoms with van der Waals surface area (Å²) in [4.78, 5) is 10.1. The standard InChI is InChI=1S/C9H10O3/c1-6-5-8(12-7(6)2)3-4-9(10)11/h3-5H,1-2H3,(H,10,11)/b4-3-. The fourth-order valence-corrected chi connectivity index (χ4v) is 0.837. The van der Waals surface area contributed by atoms with E-state index in [9.17, 15) is 4.79 Å². The third-order valence-electron chi connectivity index (χ3n) is 1.58. The molecule has 1 aromatic heterocycles. The van der Waals surface area contributed by atoms with Crippen molar-refractivity contribution in [2.45, 2.75) is 13.8 Å². The van der Waals surface area contributed by atoms with Crippen LogP contribution in [0, 0.1) is 13.8 Å². The van der Waals surface area contributed by atoms with E-state index < -0.39 is 5.97 Å². The van der Waals surface area contributed by atoms with Gasteiger partial charge in [0.15, 0.2) is 0 Å². The van der Waals surface area contributed by atoms with E-state index in [1.165, 1.54) is 6.08 Å². The van der Waals surface area contributed by atoms with E-state index in [1.54, 1.807) is 6.07 Å². The van der Waals surface area contributed by atoms with E-state index in [1.807, 2.05) is 13.8 Å². The van der Waals surface area contributed by atoms with Crippen LogP contribution in [0.5, 0.6) is 0 Å². The van der Waals surface area contributed by atoms with Gasteiger partial charge < -0.3 is 9.52 Å². The second-order valence-corrected chi connectivity index (χ2v) is 2.56. The Morgan fingerprint density at radius 1 is 1.58 bits per heavy atom. The normalized spacial score (nSPS) is 10.8. The Labute approximate surface area is 70.3 Å². The van der Waals surface area contributed by atoms with Crippen LogP contribution in [0.2, 0.25) is 0 Å². The van der Waals surface area contributed by atoms with Gasteiger partial charge in [0.05, 0.1) is 0 Å². The second kappa shape index (κ2) is 3.26. The lowest BCUT2D eigenvalue weighted by Gasteiger charge is -1.82. The van der Waals surface area contributed by atoms with Gasteiger partial charge in [-0.3, -0.25) is 0 Å². The predicted molar refractivity (Wildman–Crippen MR) is 44.9 cm³/mol. The molecule has 0 bridgehead atoms. The van der Waals surface area contributed by atoms with Crippen molar-refractivity contribution in [2.75, 3.05) is 0 Å². The van der Waals surface area contributed by atoms with Gasteiger partial charge in [-0.15, -0.1) is 0 Å². The molecule has 0 fully saturated rings. The van der Waals surface area contributed by atoms with Crippen molar-refractivity contribution in [3.63, 3.8) is 0 Å². The minimum absolute atomic E-state index is 0.576. The molecule has 0 aliphatic heterocycles. The smallest absolute Gasteiger partial charge is 0.328 e. The topological polar surface area (TPSA) is 50.4 Å². The maximum absolute atomic E-state index is 10.1. The number of carboxylic acids is 1. The molecule has 1 heterocycles. The molecule has 0 spiro atoms. The molecule has 1 rings (SSSR count). The first-order valence-electron chi connectivity index (χ1n) is 3.57. The number of furan rings is 1. The van der Waals surface area contributed by atoms with Crippen LogP contribution in [-0.2, 0) is 4.79 Å². The van der Waals surface area contributed by atoms with Gasteiger partial charge in [-0.25, -0.2) is 4.79 Å². The van der Waals surface area contributed by atoms with Crippen LogP contribution in [0.3, 0.4) is 0 Å². The molecule has 64 valence electrons. The fraction of sp³-hybridized carbons (Fsp3) is 0.222. The minimum Gasteiger partial charge on any atom is -0.478 e. The van der Waals surface area contributed by atoms with E-state index in [4.69, 9.17) is 9.52 Å². The Morgan fingerprint density at radius 3 is 2.67 bits per heavy atom. The fourth-order valence-electron chi connectivity index (χ4n) is 0.837. The molecule has 0 radical (unpaired) electrons. The van der Waals surface area contributed by atoms with Crippen LogP contribution in [-0.4, -0.2) is 11.1 Å². The lowest BCUT2D eigenvalue weighted by Crippen LogP contribution is -1.84. The number of aryl methyl sites for hydroxylation is 2. The van der Waals surface area contributed by atoms with Crippen LogP contribution < -0.4 is 0 Å². The lowest BCUT2D eigenvalue weighted by atomic mass is 10.3. The van der Waals surface area contributed by atoms with Gasteiger partial charge in [0.25, 0.3) is 0 Å². The van der Waals surface area contributed by atoms with Crippen LogP contribution in [0.15, 0.2) is 16.6 Å². The molecule has 3 nitrogen and oxygen atoms in total. The van der Waals surface area contributed by atoms with Crippen molar-refractivity contribution in [3.8, 4) is 0 Å². The quantitative estimate of drug-likeness (QED) is 0.683. The highest BCUT2D eigenvalue weighted by atomic mass is 16.4. The number of hydrogen-bond acceptors (Lipinski definition) is 2. The van der Waals surface area contributed by atoms with Crippen molar-refractivity contribution in [2.24, 2.45) is 0 Å². The van der Waals surface area contributed by atoms with Crippen molar-refractivity contribution in [1.29, 1.82) is 0 Å². The zero-order valence-corrected chi connectivity index (χ0v) is 7.00. The van der Waals surface area contributed by atoms with Gasteiger partial charge in [0.1, 0.15) is 11.5 Å². The minimum atomic E-state index is -0.971. The third kappa shape index (κ3) is 1.99. The second-order valence-electron chi connectivity index (χ2n) is 2.56. The van der Waals surface area contributed by atoms with E-state index >= 15 is 0 Å².